The summed E-state index contributed by atoms with van der Waals surface area (Å²) in [7, 11) is 0. The molecule has 3 aromatic carbocycles. The maximum atomic E-state index is 12.8. The quantitative estimate of drug-likeness (QED) is 0.286. The Morgan fingerprint density at radius 2 is 1.59 bits per heavy atom. The van der Waals surface area contributed by atoms with Crippen molar-refractivity contribution in [1.29, 1.82) is 0 Å². The molecular formula is C28H33N3O3. The Bertz CT molecular complexity index is 1170. The van der Waals surface area contributed by atoms with E-state index in [1.165, 1.54) is 0 Å². The van der Waals surface area contributed by atoms with Gasteiger partial charge in [0.2, 0.25) is 0 Å². The first-order valence-electron chi connectivity index (χ1n) is 11.4. The zero-order valence-corrected chi connectivity index (χ0v) is 20.4. The van der Waals surface area contributed by atoms with Crippen LogP contribution in [0.3, 0.4) is 0 Å². The Balaban J connectivity index is 1.96. The molecule has 0 unspecified atom stereocenters. The lowest BCUT2D eigenvalue weighted by atomic mass is 9.92. The second-order valence-corrected chi connectivity index (χ2v) is 9.66. The van der Waals surface area contributed by atoms with Gasteiger partial charge in [0, 0.05) is 11.2 Å². The molecule has 0 aromatic heterocycles. The van der Waals surface area contributed by atoms with Crippen molar-refractivity contribution >= 4 is 29.1 Å². The molecule has 4 N–H and O–H groups in total. The number of anilines is 3. The number of aromatic carboxylic acids is 1. The van der Waals surface area contributed by atoms with Crippen LogP contribution in [0, 0.1) is 12.8 Å². The zero-order valence-electron chi connectivity index (χ0n) is 20.4. The fourth-order valence-electron chi connectivity index (χ4n) is 4.20. The Hall–Kier alpha value is -3.80. The number of benzene rings is 3. The van der Waals surface area contributed by atoms with Crippen LogP contribution in [0.15, 0.2) is 66.7 Å². The summed E-state index contributed by atoms with van der Waals surface area (Å²) >= 11 is 0. The minimum Gasteiger partial charge on any atom is -0.478 e. The number of carbonyl (C=O) groups excluding carboxylic acids is 1. The molecule has 0 saturated carbocycles. The van der Waals surface area contributed by atoms with Gasteiger partial charge in [-0.25, -0.2) is 9.59 Å². The lowest BCUT2D eigenvalue weighted by Crippen LogP contribution is -2.33. The largest absolute Gasteiger partial charge is 0.478 e. The highest BCUT2D eigenvalue weighted by Crippen LogP contribution is 2.34. The normalized spacial score (nSPS) is 11.2. The van der Waals surface area contributed by atoms with Crippen molar-refractivity contribution in [3.05, 3.63) is 77.9 Å². The van der Waals surface area contributed by atoms with E-state index >= 15 is 0 Å². The van der Waals surface area contributed by atoms with Crippen molar-refractivity contribution in [2.75, 3.05) is 16.0 Å². The van der Waals surface area contributed by atoms with Crippen LogP contribution in [0.2, 0.25) is 0 Å². The minimum absolute atomic E-state index is 0.207. The number of rotatable bonds is 8. The van der Waals surface area contributed by atoms with E-state index in [9.17, 15) is 14.7 Å². The lowest BCUT2D eigenvalue weighted by molar-refractivity contribution is 0.0697. The first-order valence-corrected chi connectivity index (χ1v) is 11.4. The summed E-state index contributed by atoms with van der Waals surface area (Å²) in [6.07, 6.45) is 0.936. The topological polar surface area (TPSA) is 90.5 Å². The van der Waals surface area contributed by atoms with Gasteiger partial charge in [-0.3, -0.25) is 0 Å². The predicted molar refractivity (Wildman–Crippen MR) is 140 cm³/mol. The van der Waals surface area contributed by atoms with E-state index < -0.39 is 5.97 Å². The summed E-state index contributed by atoms with van der Waals surface area (Å²) in [4.78, 5) is 24.6. The van der Waals surface area contributed by atoms with Crippen LogP contribution in [0.4, 0.5) is 21.9 Å². The number of carbonyl (C=O) groups is 2. The average Bonchev–Trinajstić information content (AvgIpc) is 2.75. The third kappa shape index (κ3) is 6.61. The van der Waals surface area contributed by atoms with Crippen molar-refractivity contribution in [3.63, 3.8) is 0 Å². The van der Waals surface area contributed by atoms with Gasteiger partial charge in [0.05, 0.1) is 16.9 Å². The molecule has 0 fully saturated rings. The molecule has 0 aliphatic carbocycles. The van der Waals surface area contributed by atoms with Crippen molar-refractivity contribution < 1.29 is 14.7 Å². The summed E-state index contributed by atoms with van der Waals surface area (Å²) in [5.41, 5.74) is 4.41. The fraction of sp³-hybridized carbons (Fsp3) is 0.286. The number of aryl methyl sites for hydroxylation is 1. The van der Waals surface area contributed by atoms with Crippen molar-refractivity contribution in [1.82, 2.24) is 0 Å². The van der Waals surface area contributed by atoms with Gasteiger partial charge < -0.3 is 21.1 Å². The first-order chi connectivity index (χ1) is 16.0. The average molecular weight is 460 g/mol. The molecule has 6 heteroatoms. The third-order valence-corrected chi connectivity index (χ3v) is 5.44. The molecule has 0 saturated heterocycles. The Kier molecular flexibility index (Phi) is 7.61. The summed E-state index contributed by atoms with van der Waals surface area (Å²) in [5.74, 6) is -0.507. The van der Waals surface area contributed by atoms with E-state index in [0.29, 0.717) is 28.4 Å². The second kappa shape index (κ2) is 10.4. The number of hydrogen-bond acceptors (Lipinski definition) is 3. The molecule has 2 amide bonds. The summed E-state index contributed by atoms with van der Waals surface area (Å²) in [6.45, 7) is 10.6. The standard InChI is InChI=1S/C28H33N3O3/c1-18(2)17-28(4,5)31-24-15-12-20(22-8-6-7-9-23(22)26(32)33)16-25(24)30-27(34)29-21-13-10-19(3)11-14-21/h6-16,18,31H,17H2,1-5H3,(H,32,33)(H2,29,30,34). The van der Waals surface area contributed by atoms with Crippen LogP contribution in [0.25, 0.3) is 11.1 Å². The maximum Gasteiger partial charge on any atom is 0.336 e. The maximum absolute atomic E-state index is 12.8. The van der Waals surface area contributed by atoms with E-state index in [1.807, 2.05) is 49.4 Å². The van der Waals surface area contributed by atoms with E-state index in [1.54, 1.807) is 24.3 Å². The van der Waals surface area contributed by atoms with Gasteiger partial charge in [0.15, 0.2) is 0 Å². The zero-order chi connectivity index (χ0) is 24.9. The van der Waals surface area contributed by atoms with E-state index in [0.717, 1.165) is 17.7 Å². The van der Waals surface area contributed by atoms with Crippen LogP contribution in [-0.2, 0) is 0 Å². The molecule has 178 valence electrons. The third-order valence-electron chi connectivity index (χ3n) is 5.44. The number of nitrogens with one attached hydrogen (secondary N) is 3. The van der Waals surface area contributed by atoms with Gasteiger partial charge in [0.1, 0.15) is 0 Å². The van der Waals surface area contributed by atoms with Gasteiger partial charge >= 0.3 is 12.0 Å². The molecule has 0 spiro atoms. The summed E-state index contributed by atoms with van der Waals surface area (Å²) in [6, 6.07) is 19.6. The Morgan fingerprint density at radius 3 is 2.24 bits per heavy atom. The van der Waals surface area contributed by atoms with Gasteiger partial charge in [-0.05, 0) is 74.6 Å². The monoisotopic (exact) mass is 459 g/mol. The molecule has 0 heterocycles. The van der Waals surface area contributed by atoms with Crippen molar-refractivity contribution in [2.45, 2.75) is 46.6 Å². The molecule has 0 aliphatic rings. The Labute approximate surface area is 201 Å². The molecule has 0 radical (unpaired) electrons. The molecule has 0 atom stereocenters. The minimum atomic E-state index is -0.998. The SMILES string of the molecule is Cc1ccc(NC(=O)Nc2cc(-c3ccccc3C(=O)O)ccc2NC(C)(C)CC(C)C)cc1. The molecule has 3 rings (SSSR count). The molecule has 34 heavy (non-hydrogen) atoms. The van der Waals surface area contributed by atoms with Gasteiger partial charge in [0.25, 0.3) is 0 Å². The number of urea groups is 1. The number of carboxylic acids is 1. The number of carboxylic acid groups (broad SMARTS) is 1. The smallest absolute Gasteiger partial charge is 0.336 e. The van der Waals surface area contributed by atoms with Crippen LogP contribution in [0.5, 0.6) is 0 Å². The van der Waals surface area contributed by atoms with Gasteiger partial charge in [-0.15, -0.1) is 0 Å². The molecular weight excluding hydrogens is 426 g/mol. The van der Waals surface area contributed by atoms with Crippen LogP contribution in [-0.4, -0.2) is 22.6 Å². The fourth-order valence-corrected chi connectivity index (χ4v) is 4.20. The molecule has 6 nitrogen and oxygen atoms in total. The molecule has 3 aromatic rings. The molecule has 0 aliphatic heterocycles. The summed E-state index contributed by atoms with van der Waals surface area (Å²) < 4.78 is 0. The predicted octanol–water partition coefficient (Wildman–Crippen LogP) is 7.24. The van der Waals surface area contributed by atoms with Crippen LogP contribution >= 0.6 is 0 Å². The van der Waals surface area contributed by atoms with E-state index in [2.05, 4.69) is 43.6 Å². The highest BCUT2D eigenvalue weighted by atomic mass is 16.4. The highest BCUT2D eigenvalue weighted by molar-refractivity contribution is 6.03. The highest BCUT2D eigenvalue weighted by Gasteiger charge is 2.22. The summed E-state index contributed by atoms with van der Waals surface area (Å²) in [5, 5.41) is 19.0. The first kappa shape index (κ1) is 24.8. The van der Waals surface area contributed by atoms with E-state index in [-0.39, 0.29) is 17.1 Å². The second-order valence-electron chi connectivity index (χ2n) is 9.66. The van der Waals surface area contributed by atoms with E-state index in [4.69, 9.17) is 0 Å². The Morgan fingerprint density at radius 1 is 0.912 bits per heavy atom. The van der Waals surface area contributed by atoms with Crippen molar-refractivity contribution in [3.8, 4) is 11.1 Å². The van der Waals surface area contributed by atoms with Gasteiger partial charge in [-0.2, -0.15) is 0 Å². The number of hydrogen-bond donors (Lipinski definition) is 4. The molecule has 0 bridgehead atoms. The van der Waals surface area contributed by atoms with Crippen LogP contribution in [0.1, 0.15) is 50.0 Å². The van der Waals surface area contributed by atoms with Crippen molar-refractivity contribution in [2.24, 2.45) is 5.92 Å². The lowest BCUT2D eigenvalue weighted by Gasteiger charge is -2.31. The van der Waals surface area contributed by atoms with Crippen LogP contribution < -0.4 is 16.0 Å². The van der Waals surface area contributed by atoms with Gasteiger partial charge in [-0.1, -0.05) is 55.8 Å². The number of amides is 2.